The van der Waals surface area contributed by atoms with Crippen molar-refractivity contribution in [2.45, 2.75) is 76.9 Å². The molecular formula is C19H38N4O. The van der Waals surface area contributed by atoms with Crippen molar-refractivity contribution < 1.29 is 4.74 Å². The normalized spacial score (nSPS) is 22.3. The second kappa shape index (κ2) is 11.7. The van der Waals surface area contributed by atoms with Gasteiger partial charge in [-0.2, -0.15) is 0 Å². The van der Waals surface area contributed by atoms with Crippen LogP contribution in [-0.2, 0) is 4.74 Å². The van der Waals surface area contributed by atoms with Gasteiger partial charge in [0.15, 0.2) is 5.96 Å². The zero-order valence-corrected chi connectivity index (χ0v) is 15.9. The van der Waals surface area contributed by atoms with Gasteiger partial charge in [-0.3, -0.25) is 4.99 Å². The summed E-state index contributed by atoms with van der Waals surface area (Å²) in [4.78, 5) is 6.93. The van der Waals surface area contributed by atoms with Crippen LogP contribution in [0, 0.1) is 0 Å². The standard InChI is InChI=1S/C19H38N4O/c1-3-13-23-14-10-17(11-15-23)22-19(20-2)21-12-16-24-18-8-6-4-5-7-9-18/h17-18H,3-16H2,1-2H3,(H2,20,21,22). The minimum atomic E-state index is 0.479. The summed E-state index contributed by atoms with van der Waals surface area (Å²) in [5.41, 5.74) is 0. The van der Waals surface area contributed by atoms with Crippen LogP contribution in [0.2, 0.25) is 0 Å². The van der Waals surface area contributed by atoms with Crippen LogP contribution < -0.4 is 10.6 Å². The lowest BCUT2D eigenvalue weighted by molar-refractivity contribution is 0.0467. The third kappa shape index (κ3) is 7.39. The molecule has 1 saturated heterocycles. The number of guanidine groups is 1. The molecule has 24 heavy (non-hydrogen) atoms. The van der Waals surface area contributed by atoms with E-state index in [4.69, 9.17) is 4.74 Å². The van der Waals surface area contributed by atoms with Crippen molar-refractivity contribution in [2.75, 3.05) is 39.8 Å². The van der Waals surface area contributed by atoms with Gasteiger partial charge in [0.1, 0.15) is 0 Å². The number of likely N-dealkylation sites (tertiary alicyclic amines) is 1. The number of hydrogen-bond acceptors (Lipinski definition) is 3. The quantitative estimate of drug-likeness (QED) is 0.324. The van der Waals surface area contributed by atoms with E-state index in [9.17, 15) is 0 Å². The number of aliphatic imine (C=N–C) groups is 1. The first-order valence-electron chi connectivity index (χ1n) is 10.1. The van der Waals surface area contributed by atoms with Crippen molar-refractivity contribution >= 4 is 5.96 Å². The molecule has 0 unspecified atom stereocenters. The maximum atomic E-state index is 6.04. The number of nitrogens with one attached hydrogen (secondary N) is 2. The van der Waals surface area contributed by atoms with Gasteiger partial charge in [-0.05, 0) is 38.6 Å². The Balaban J connectivity index is 1.57. The number of nitrogens with zero attached hydrogens (tertiary/aromatic N) is 2. The summed E-state index contributed by atoms with van der Waals surface area (Å²) >= 11 is 0. The fourth-order valence-corrected chi connectivity index (χ4v) is 3.81. The number of rotatable bonds is 7. The Hall–Kier alpha value is -0.810. The minimum Gasteiger partial charge on any atom is -0.376 e. The monoisotopic (exact) mass is 338 g/mol. The first-order valence-corrected chi connectivity index (χ1v) is 10.1. The Kier molecular flexibility index (Phi) is 9.51. The van der Waals surface area contributed by atoms with E-state index in [1.54, 1.807) is 0 Å². The molecule has 1 aliphatic heterocycles. The summed E-state index contributed by atoms with van der Waals surface area (Å²) in [6.45, 7) is 7.51. The van der Waals surface area contributed by atoms with E-state index in [1.807, 2.05) is 7.05 Å². The summed E-state index contributed by atoms with van der Waals surface area (Å²) < 4.78 is 6.04. The lowest BCUT2D eigenvalue weighted by Gasteiger charge is -2.32. The van der Waals surface area contributed by atoms with Gasteiger partial charge in [0.2, 0.25) is 0 Å². The second-order valence-corrected chi connectivity index (χ2v) is 7.24. The van der Waals surface area contributed by atoms with E-state index in [-0.39, 0.29) is 0 Å². The molecule has 2 N–H and O–H groups in total. The van der Waals surface area contributed by atoms with Crippen molar-refractivity contribution in [3.05, 3.63) is 0 Å². The molecule has 140 valence electrons. The van der Waals surface area contributed by atoms with Gasteiger partial charge in [0.05, 0.1) is 12.7 Å². The molecule has 0 amide bonds. The Labute approximate surface area is 148 Å². The molecule has 2 fully saturated rings. The largest absolute Gasteiger partial charge is 0.376 e. The number of hydrogen-bond donors (Lipinski definition) is 2. The molecule has 2 aliphatic rings. The first kappa shape index (κ1) is 19.5. The van der Waals surface area contributed by atoms with Gasteiger partial charge >= 0.3 is 0 Å². The smallest absolute Gasteiger partial charge is 0.191 e. The van der Waals surface area contributed by atoms with Crippen LogP contribution in [0.15, 0.2) is 4.99 Å². The number of piperidine rings is 1. The van der Waals surface area contributed by atoms with Crippen LogP contribution in [0.3, 0.4) is 0 Å². The van der Waals surface area contributed by atoms with Crippen molar-refractivity contribution in [3.63, 3.8) is 0 Å². The van der Waals surface area contributed by atoms with Gasteiger partial charge in [-0.15, -0.1) is 0 Å². The Morgan fingerprint density at radius 1 is 1.08 bits per heavy atom. The average molecular weight is 339 g/mol. The van der Waals surface area contributed by atoms with Crippen LogP contribution in [-0.4, -0.2) is 62.8 Å². The SMILES string of the molecule is CCCN1CCC(NC(=NC)NCCOC2CCCCCC2)CC1. The molecular weight excluding hydrogens is 300 g/mol. The van der Waals surface area contributed by atoms with Crippen LogP contribution in [0.4, 0.5) is 0 Å². The maximum Gasteiger partial charge on any atom is 0.191 e. The van der Waals surface area contributed by atoms with Gasteiger partial charge in [-0.1, -0.05) is 32.6 Å². The Morgan fingerprint density at radius 2 is 1.79 bits per heavy atom. The summed E-state index contributed by atoms with van der Waals surface area (Å²) in [7, 11) is 1.85. The Bertz CT molecular complexity index is 345. The molecule has 0 bridgehead atoms. The molecule has 0 aromatic heterocycles. The molecule has 1 aliphatic carbocycles. The summed E-state index contributed by atoms with van der Waals surface area (Å²) in [6.07, 6.45) is 12.0. The summed E-state index contributed by atoms with van der Waals surface area (Å²) in [6, 6.07) is 0.548. The summed E-state index contributed by atoms with van der Waals surface area (Å²) in [5, 5.41) is 6.98. The molecule has 1 saturated carbocycles. The predicted octanol–water partition coefficient (Wildman–Crippen LogP) is 2.77. The molecule has 0 aromatic carbocycles. The van der Waals surface area contributed by atoms with Crippen LogP contribution >= 0.6 is 0 Å². The third-order valence-electron chi connectivity index (χ3n) is 5.24. The first-order chi connectivity index (χ1) is 11.8. The van der Waals surface area contributed by atoms with Crippen molar-refractivity contribution in [1.82, 2.24) is 15.5 Å². The highest BCUT2D eigenvalue weighted by Crippen LogP contribution is 2.19. The Morgan fingerprint density at radius 3 is 2.42 bits per heavy atom. The highest BCUT2D eigenvalue weighted by atomic mass is 16.5. The fraction of sp³-hybridized carbons (Fsp3) is 0.947. The van der Waals surface area contributed by atoms with E-state index < -0.39 is 0 Å². The van der Waals surface area contributed by atoms with Gasteiger partial charge in [0.25, 0.3) is 0 Å². The molecule has 0 aromatic rings. The topological polar surface area (TPSA) is 48.9 Å². The van der Waals surface area contributed by atoms with E-state index in [0.717, 1.165) is 19.1 Å². The lowest BCUT2D eigenvalue weighted by atomic mass is 10.1. The summed E-state index contributed by atoms with van der Waals surface area (Å²) in [5.74, 6) is 0.924. The molecule has 5 heteroatoms. The second-order valence-electron chi connectivity index (χ2n) is 7.24. The lowest BCUT2D eigenvalue weighted by Crippen LogP contribution is -2.49. The number of ether oxygens (including phenoxy) is 1. The van der Waals surface area contributed by atoms with E-state index in [2.05, 4.69) is 27.4 Å². The highest BCUT2D eigenvalue weighted by Gasteiger charge is 2.19. The zero-order valence-electron chi connectivity index (χ0n) is 15.9. The van der Waals surface area contributed by atoms with Gasteiger partial charge in [-0.25, -0.2) is 0 Å². The van der Waals surface area contributed by atoms with E-state index in [1.165, 1.54) is 77.4 Å². The van der Waals surface area contributed by atoms with Gasteiger partial charge in [0, 0.05) is 32.7 Å². The highest BCUT2D eigenvalue weighted by molar-refractivity contribution is 5.79. The minimum absolute atomic E-state index is 0.479. The molecule has 2 rings (SSSR count). The average Bonchev–Trinajstić information content (AvgIpc) is 2.88. The molecule has 1 heterocycles. The van der Waals surface area contributed by atoms with Crippen molar-refractivity contribution in [2.24, 2.45) is 4.99 Å². The van der Waals surface area contributed by atoms with Crippen molar-refractivity contribution in [1.29, 1.82) is 0 Å². The predicted molar refractivity (Wildman–Crippen MR) is 102 cm³/mol. The molecule has 5 nitrogen and oxygen atoms in total. The molecule has 0 atom stereocenters. The van der Waals surface area contributed by atoms with Crippen LogP contribution in [0.1, 0.15) is 64.7 Å². The van der Waals surface area contributed by atoms with Crippen molar-refractivity contribution in [3.8, 4) is 0 Å². The van der Waals surface area contributed by atoms with E-state index in [0.29, 0.717) is 12.1 Å². The fourth-order valence-electron chi connectivity index (χ4n) is 3.81. The maximum absolute atomic E-state index is 6.04. The molecule has 0 spiro atoms. The van der Waals surface area contributed by atoms with Gasteiger partial charge < -0.3 is 20.3 Å². The van der Waals surface area contributed by atoms with E-state index >= 15 is 0 Å². The third-order valence-corrected chi connectivity index (χ3v) is 5.24. The molecule has 0 radical (unpaired) electrons. The van der Waals surface area contributed by atoms with Crippen LogP contribution in [0.25, 0.3) is 0 Å². The zero-order chi connectivity index (χ0) is 17.0. The van der Waals surface area contributed by atoms with Crippen LogP contribution in [0.5, 0.6) is 0 Å².